The number of nitrogens with one attached hydrogen (secondary N) is 1. The van der Waals surface area contributed by atoms with Crippen LogP contribution in [0.25, 0.3) is 0 Å². The number of hydrogen-bond acceptors (Lipinski definition) is 10. The van der Waals surface area contributed by atoms with E-state index in [0.29, 0.717) is 29.2 Å². The van der Waals surface area contributed by atoms with E-state index in [1.165, 1.54) is 33.5 Å². The zero-order chi connectivity index (χ0) is 39.2. The lowest BCUT2D eigenvalue weighted by atomic mass is 9.96. The predicted octanol–water partition coefficient (Wildman–Crippen LogP) is 5.74. The number of rotatable bonds is 13. The van der Waals surface area contributed by atoms with Gasteiger partial charge in [-0.15, -0.1) is 0 Å². The summed E-state index contributed by atoms with van der Waals surface area (Å²) >= 11 is 11.6. The predicted molar refractivity (Wildman–Crippen MR) is 188 cm³/mol. The standard InChI is InChI=1S/C35H36ClF3N4O9S/c1-5-6-27(20-8-9-23(33(45)46)28(13-20)43(48)49)40-34(47)42-18-31(53)41(17-24-29(51-3)14-22(50-2)15-30(24)52-4)16-21(32(42)44)11-19-7-10-26(36)25(12-19)35(37,38)39/h7-10,12-15,21,27H,5-6,11,16-18H2,1-4H3,(H,40,47)(H,45,46)/p-1/t21-,27+/m0/s1. The van der Waals surface area contributed by atoms with Crippen molar-refractivity contribution in [2.75, 3.05) is 34.4 Å². The van der Waals surface area contributed by atoms with Gasteiger partial charge in [0.15, 0.2) is 0 Å². The van der Waals surface area contributed by atoms with Crippen molar-refractivity contribution in [2.24, 2.45) is 5.92 Å². The van der Waals surface area contributed by atoms with Crippen LogP contribution in [0, 0.1) is 16.0 Å². The maximum atomic E-state index is 14.3. The highest BCUT2D eigenvalue weighted by molar-refractivity contribution is 7.80. The van der Waals surface area contributed by atoms with Crippen LogP contribution in [0.1, 0.15) is 58.4 Å². The number of thiocarbonyl (C=S) groups is 1. The minimum atomic E-state index is -4.77. The summed E-state index contributed by atoms with van der Waals surface area (Å²) in [5, 5.41) is 25.3. The molecule has 1 aliphatic heterocycles. The van der Waals surface area contributed by atoms with Crippen molar-refractivity contribution in [1.29, 1.82) is 0 Å². The van der Waals surface area contributed by atoms with E-state index in [2.05, 4.69) is 5.32 Å². The summed E-state index contributed by atoms with van der Waals surface area (Å²) < 4.78 is 57.8. The van der Waals surface area contributed by atoms with Gasteiger partial charge in [-0.05, 0) is 42.2 Å². The fourth-order valence-corrected chi connectivity index (χ4v) is 6.50. The van der Waals surface area contributed by atoms with E-state index in [4.69, 9.17) is 38.0 Å². The number of alkyl halides is 3. The van der Waals surface area contributed by atoms with Crippen LogP contribution in [0.2, 0.25) is 5.02 Å². The van der Waals surface area contributed by atoms with E-state index < -0.39 is 69.3 Å². The number of carbonyl (C=O) groups excluding carboxylic acids is 3. The Hall–Kier alpha value is -5.16. The second-order valence-electron chi connectivity index (χ2n) is 12.0. The Bertz CT molecular complexity index is 1890. The molecule has 284 valence electrons. The highest BCUT2D eigenvalue weighted by atomic mass is 35.5. The van der Waals surface area contributed by atoms with Crippen LogP contribution in [0.5, 0.6) is 17.2 Å². The first-order chi connectivity index (χ1) is 25.0. The number of urea groups is 1. The van der Waals surface area contributed by atoms with Crippen LogP contribution < -0.4 is 24.6 Å². The number of amides is 3. The summed E-state index contributed by atoms with van der Waals surface area (Å²) in [7, 11) is 4.33. The van der Waals surface area contributed by atoms with E-state index >= 15 is 0 Å². The Morgan fingerprint density at radius 2 is 1.74 bits per heavy atom. The molecule has 3 aromatic rings. The Labute approximate surface area is 312 Å². The molecule has 53 heavy (non-hydrogen) atoms. The number of carboxylic acid groups (broad SMARTS) is 1. The molecule has 3 aromatic carbocycles. The molecule has 3 amide bonds. The first kappa shape index (κ1) is 40.6. The molecule has 1 aliphatic rings. The number of carboxylic acids is 1. The SMILES string of the molecule is CCC[C@@H](NC(=O)N1CC(=S)N(Cc2c(OC)cc(OC)cc2OC)C[C@H](Cc2ccc(Cl)c(C(F)(F)F)c2)C1=O)c1ccc(C(=O)[O-])c([N+](=O)[O-])c1. The minimum Gasteiger partial charge on any atom is -0.545 e. The molecule has 1 saturated heterocycles. The van der Waals surface area contributed by atoms with Crippen LogP contribution in [0.15, 0.2) is 48.5 Å². The van der Waals surface area contributed by atoms with Crippen LogP contribution in [0.4, 0.5) is 23.7 Å². The van der Waals surface area contributed by atoms with Crippen molar-refractivity contribution in [3.05, 3.63) is 91.5 Å². The van der Waals surface area contributed by atoms with Crippen LogP contribution in [-0.2, 0) is 23.9 Å². The molecule has 2 atom stereocenters. The third-order valence-electron chi connectivity index (χ3n) is 8.65. The van der Waals surface area contributed by atoms with Gasteiger partial charge in [0.1, 0.15) is 17.2 Å². The number of carbonyl (C=O) groups is 3. The molecule has 13 nitrogen and oxygen atoms in total. The Morgan fingerprint density at radius 3 is 2.28 bits per heavy atom. The second kappa shape index (κ2) is 17.1. The minimum absolute atomic E-state index is 0.00967. The first-order valence-electron chi connectivity index (χ1n) is 16.1. The quantitative estimate of drug-likeness (QED) is 0.128. The first-order valence-corrected chi connectivity index (χ1v) is 16.8. The van der Waals surface area contributed by atoms with E-state index in [0.717, 1.165) is 29.2 Å². The van der Waals surface area contributed by atoms with Gasteiger partial charge in [0.05, 0.1) is 84.0 Å². The second-order valence-corrected chi connectivity index (χ2v) is 12.9. The maximum absolute atomic E-state index is 14.3. The molecule has 0 radical (unpaired) electrons. The Morgan fingerprint density at radius 1 is 1.08 bits per heavy atom. The van der Waals surface area contributed by atoms with E-state index in [1.807, 2.05) is 0 Å². The zero-order valence-corrected chi connectivity index (χ0v) is 30.5. The molecule has 0 aliphatic carbocycles. The summed E-state index contributed by atoms with van der Waals surface area (Å²) in [4.78, 5) is 53.1. The summed E-state index contributed by atoms with van der Waals surface area (Å²) in [5.41, 5.74) is -1.66. The molecule has 1 N–H and O–H groups in total. The Balaban J connectivity index is 1.75. The van der Waals surface area contributed by atoms with Crippen molar-refractivity contribution >= 4 is 52.4 Å². The van der Waals surface area contributed by atoms with Crippen LogP contribution >= 0.6 is 23.8 Å². The molecule has 1 fully saturated rings. The largest absolute Gasteiger partial charge is 0.545 e. The molecule has 0 spiro atoms. The molecule has 18 heteroatoms. The lowest BCUT2D eigenvalue weighted by Crippen LogP contribution is -2.48. The van der Waals surface area contributed by atoms with E-state index in [1.54, 1.807) is 24.0 Å². The molecule has 4 rings (SSSR count). The number of halogens is 4. The van der Waals surface area contributed by atoms with Crippen molar-refractivity contribution in [2.45, 2.75) is 44.9 Å². The summed E-state index contributed by atoms with van der Waals surface area (Å²) in [6.07, 6.45) is -4.32. The number of imide groups is 1. The fourth-order valence-electron chi connectivity index (χ4n) is 6.01. The number of benzene rings is 3. The lowest BCUT2D eigenvalue weighted by Gasteiger charge is -2.27. The van der Waals surface area contributed by atoms with Crippen LogP contribution in [0.3, 0.4) is 0 Å². The average Bonchev–Trinajstić information content (AvgIpc) is 3.23. The lowest BCUT2D eigenvalue weighted by molar-refractivity contribution is -0.385. The molecule has 0 bridgehead atoms. The highest BCUT2D eigenvalue weighted by Gasteiger charge is 2.39. The van der Waals surface area contributed by atoms with Crippen molar-refractivity contribution in [1.82, 2.24) is 15.1 Å². The van der Waals surface area contributed by atoms with Gasteiger partial charge in [-0.25, -0.2) is 4.79 Å². The summed E-state index contributed by atoms with van der Waals surface area (Å²) in [5.74, 6) is -2.48. The number of methoxy groups -OCH3 is 3. The highest BCUT2D eigenvalue weighted by Crippen LogP contribution is 2.38. The van der Waals surface area contributed by atoms with Gasteiger partial charge in [0.25, 0.3) is 5.69 Å². The third kappa shape index (κ3) is 9.45. The zero-order valence-electron chi connectivity index (χ0n) is 29.0. The van der Waals surface area contributed by atoms with Gasteiger partial charge in [-0.2, -0.15) is 13.2 Å². The average molecular weight is 780 g/mol. The molecular weight excluding hydrogens is 745 g/mol. The normalized spacial score (nSPS) is 15.4. The van der Waals surface area contributed by atoms with Gasteiger partial charge in [-0.3, -0.25) is 19.8 Å². The van der Waals surface area contributed by atoms with Gasteiger partial charge >= 0.3 is 12.2 Å². The van der Waals surface area contributed by atoms with E-state index in [-0.39, 0.29) is 42.0 Å². The summed E-state index contributed by atoms with van der Waals surface area (Å²) in [6, 6.07) is 7.99. The van der Waals surface area contributed by atoms with Crippen molar-refractivity contribution in [3.63, 3.8) is 0 Å². The van der Waals surface area contributed by atoms with E-state index in [9.17, 15) is 42.8 Å². The Kier molecular flexibility index (Phi) is 13.1. The van der Waals surface area contributed by atoms with Crippen molar-refractivity contribution < 1.29 is 51.8 Å². The maximum Gasteiger partial charge on any atom is 0.417 e. The number of nitro benzene ring substituents is 1. The molecule has 0 saturated carbocycles. The number of nitrogens with zero attached hydrogens (tertiary/aromatic N) is 3. The van der Waals surface area contributed by atoms with Gasteiger partial charge < -0.3 is 34.3 Å². The number of aromatic carboxylic acids is 1. The molecule has 0 unspecified atom stereocenters. The summed E-state index contributed by atoms with van der Waals surface area (Å²) in [6.45, 7) is 1.26. The molecule has 0 aromatic heterocycles. The number of nitro groups is 1. The monoisotopic (exact) mass is 779 g/mol. The molecular formula is C35H35ClF3N4O9S-. The topological polar surface area (TPSA) is 164 Å². The van der Waals surface area contributed by atoms with Crippen molar-refractivity contribution in [3.8, 4) is 17.2 Å². The van der Waals surface area contributed by atoms with Gasteiger partial charge in [-0.1, -0.05) is 49.3 Å². The van der Waals surface area contributed by atoms with Crippen LogP contribution in [-0.4, -0.2) is 72.0 Å². The number of hydrogen-bond donors (Lipinski definition) is 1. The van der Waals surface area contributed by atoms with Gasteiger partial charge in [0, 0.05) is 24.7 Å². The fraction of sp³-hybridized carbons (Fsp3) is 0.371. The smallest absolute Gasteiger partial charge is 0.417 e. The number of ether oxygens (including phenoxy) is 3. The van der Waals surface area contributed by atoms with Gasteiger partial charge in [0.2, 0.25) is 5.91 Å². The molecule has 1 heterocycles. The third-order valence-corrected chi connectivity index (χ3v) is 9.36.